The number of nitrogens with two attached hydrogens (primary N) is 1. The first kappa shape index (κ1) is 13.3. The van der Waals surface area contributed by atoms with Crippen molar-refractivity contribution < 1.29 is 14.7 Å². The van der Waals surface area contributed by atoms with Crippen LogP contribution in [0.3, 0.4) is 0 Å². The molecule has 21 heavy (non-hydrogen) atoms. The molecule has 3 aromatic rings. The summed E-state index contributed by atoms with van der Waals surface area (Å²) in [5.41, 5.74) is 7.23. The molecule has 106 valence electrons. The Hall–Kier alpha value is -2.73. The molecule has 7 heteroatoms. The van der Waals surface area contributed by atoms with Crippen LogP contribution in [-0.2, 0) is 0 Å². The molecular formula is C14H10ClN3O3. The number of aromatic hydroxyl groups is 2. The van der Waals surface area contributed by atoms with Gasteiger partial charge in [-0.1, -0.05) is 16.8 Å². The third-order valence-corrected chi connectivity index (χ3v) is 3.20. The Kier molecular flexibility index (Phi) is 3.15. The van der Waals surface area contributed by atoms with E-state index in [0.717, 1.165) is 0 Å². The summed E-state index contributed by atoms with van der Waals surface area (Å²) in [6.45, 7) is 0. The molecule has 0 radical (unpaired) electrons. The Morgan fingerprint density at radius 2 is 1.86 bits per heavy atom. The molecular weight excluding hydrogens is 294 g/mol. The number of phenols is 2. The quantitative estimate of drug-likeness (QED) is 0.496. The van der Waals surface area contributed by atoms with E-state index in [4.69, 9.17) is 21.9 Å². The van der Waals surface area contributed by atoms with Crippen LogP contribution in [0.2, 0.25) is 5.02 Å². The molecule has 0 saturated carbocycles. The van der Waals surface area contributed by atoms with Gasteiger partial charge in [-0.3, -0.25) is 0 Å². The Morgan fingerprint density at radius 3 is 2.57 bits per heavy atom. The summed E-state index contributed by atoms with van der Waals surface area (Å²) in [5, 5.41) is 23.0. The van der Waals surface area contributed by atoms with Crippen LogP contribution in [0.4, 0.5) is 5.69 Å². The Balaban J connectivity index is 2.01. The number of benzene rings is 2. The SMILES string of the molecule is Nc1ccc(-c2nc(-c3ccc(O)c(O)c3)no2)c(Cl)c1. The molecule has 0 aliphatic heterocycles. The maximum atomic E-state index is 9.49. The van der Waals surface area contributed by atoms with E-state index in [1.54, 1.807) is 24.3 Å². The first-order valence-corrected chi connectivity index (χ1v) is 6.34. The van der Waals surface area contributed by atoms with Gasteiger partial charge in [-0.2, -0.15) is 4.98 Å². The highest BCUT2D eigenvalue weighted by Crippen LogP contribution is 2.32. The zero-order valence-corrected chi connectivity index (χ0v) is 11.4. The molecule has 3 rings (SSSR count). The minimum absolute atomic E-state index is 0.218. The minimum atomic E-state index is -0.260. The van der Waals surface area contributed by atoms with Crippen LogP contribution in [0, 0.1) is 0 Å². The third kappa shape index (κ3) is 2.48. The normalized spacial score (nSPS) is 10.7. The molecule has 0 bridgehead atoms. The zero-order valence-electron chi connectivity index (χ0n) is 10.6. The molecule has 2 aromatic carbocycles. The van der Waals surface area contributed by atoms with Gasteiger partial charge < -0.3 is 20.5 Å². The largest absolute Gasteiger partial charge is 0.504 e. The van der Waals surface area contributed by atoms with Crippen molar-refractivity contribution in [2.45, 2.75) is 0 Å². The van der Waals surface area contributed by atoms with E-state index >= 15 is 0 Å². The summed E-state index contributed by atoms with van der Waals surface area (Å²) >= 11 is 6.08. The fraction of sp³-hybridized carbons (Fsp3) is 0. The molecule has 0 unspecified atom stereocenters. The van der Waals surface area contributed by atoms with Crippen molar-refractivity contribution >= 4 is 17.3 Å². The molecule has 1 aromatic heterocycles. The molecule has 0 atom stereocenters. The van der Waals surface area contributed by atoms with Crippen LogP contribution in [0.5, 0.6) is 11.5 Å². The van der Waals surface area contributed by atoms with Gasteiger partial charge in [0, 0.05) is 11.3 Å². The maximum Gasteiger partial charge on any atom is 0.259 e. The molecule has 1 heterocycles. The molecule has 4 N–H and O–H groups in total. The van der Waals surface area contributed by atoms with Crippen LogP contribution in [0.1, 0.15) is 0 Å². The number of aromatic nitrogens is 2. The summed E-state index contributed by atoms with van der Waals surface area (Å²) in [5.74, 6) is 0.0316. The summed E-state index contributed by atoms with van der Waals surface area (Å²) in [7, 11) is 0. The predicted molar refractivity (Wildman–Crippen MR) is 77.9 cm³/mol. The van der Waals surface area contributed by atoms with Gasteiger partial charge in [-0.25, -0.2) is 0 Å². The summed E-state index contributed by atoms with van der Waals surface area (Å²) in [6, 6.07) is 9.20. The molecule has 6 nitrogen and oxygen atoms in total. The second kappa shape index (κ2) is 4.99. The van der Waals surface area contributed by atoms with E-state index in [2.05, 4.69) is 10.1 Å². The summed E-state index contributed by atoms with van der Waals surface area (Å²) < 4.78 is 5.17. The molecule has 0 fully saturated rings. The van der Waals surface area contributed by atoms with Crippen molar-refractivity contribution in [3.8, 4) is 34.3 Å². The van der Waals surface area contributed by atoms with Crippen molar-refractivity contribution in [2.24, 2.45) is 0 Å². The lowest BCUT2D eigenvalue weighted by Crippen LogP contribution is -1.86. The monoisotopic (exact) mass is 303 g/mol. The number of hydrogen-bond donors (Lipinski definition) is 3. The van der Waals surface area contributed by atoms with E-state index in [1.165, 1.54) is 12.1 Å². The molecule has 0 spiro atoms. The summed E-state index contributed by atoms with van der Waals surface area (Å²) in [6.07, 6.45) is 0. The zero-order chi connectivity index (χ0) is 15.0. The Labute approximate surface area is 124 Å². The first-order valence-electron chi connectivity index (χ1n) is 5.96. The van der Waals surface area contributed by atoms with Crippen LogP contribution in [0.15, 0.2) is 40.9 Å². The van der Waals surface area contributed by atoms with Gasteiger partial charge in [-0.05, 0) is 36.4 Å². The smallest absolute Gasteiger partial charge is 0.259 e. The second-order valence-corrected chi connectivity index (χ2v) is 4.77. The van der Waals surface area contributed by atoms with Gasteiger partial charge in [-0.15, -0.1) is 0 Å². The number of rotatable bonds is 2. The highest BCUT2D eigenvalue weighted by molar-refractivity contribution is 6.33. The lowest BCUT2D eigenvalue weighted by atomic mass is 10.2. The van der Waals surface area contributed by atoms with Crippen molar-refractivity contribution in [2.75, 3.05) is 5.73 Å². The van der Waals surface area contributed by atoms with Crippen LogP contribution >= 0.6 is 11.6 Å². The van der Waals surface area contributed by atoms with Gasteiger partial charge in [0.05, 0.1) is 10.6 Å². The Bertz CT molecular complexity index is 817. The van der Waals surface area contributed by atoms with E-state index in [1.807, 2.05) is 0 Å². The number of nitrogens with zero attached hydrogens (tertiary/aromatic N) is 2. The molecule has 0 amide bonds. The molecule has 0 aliphatic rings. The lowest BCUT2D eigenvalue weighted by molar-refractivity contribution is 0.404. The number of anilines is 1. The van der Waals surface area contributed by atoms with Crippen molar-refractivity contribution in [3.05, 3.63) is 41.4 Å². The van der Waals surface area contributed by atoms with E-state index < -0.39 is 0 Å². The second-order valence-electron chi connectivity index (χ2n) is 4.37. The predicted octanol–water partition coefficient (Wildman–Crippen LogP) is 3.05. The van der Waals surface area contributed by atoms with Gasteiger partial charge in [0.15, 0.2) is 11.5 Å². The highest BCUT2D eigenvalue weighted by atomic mass is 35.5. The first-order chi connectivity index (χ1) is 10.0. The fourth-order valence-corrected chi connectivity index (χ4v) is 2.09. The minimum Gasteiger partial charge on any atom is -0.504 e. The number of halogens is 1. The molecule has 0 aliphatic carbocycles. The number of nitrogen functional groups attached to an aromatic ring is 1. The average Bonchev–Trinajstić information content (AvgIpc) is 2.91. The standard InChI is InChI=1S/C14H10ClN3O3/c15-10-6-8(16)2-3-9(10)14-17-13(18-21-14)7-1-4-11(19)12(20)5-7/h1-6,19-20H,16H2. The van der Waals surface area contributed by atoms with Crippen LogP contribution in [-0.4, -0.2) is 20.4 Å². The van der Waals surface area contributed by atoms with Gasteiger partial charge in [0.1, 0.15) is 0 Å². The molecule has 0 saturated heterocycles. The maximum absolute atomic E-state index is 9.49. The number of phenolic OH excluding ortho intramolecular Hbond substituents is 2. The highest BCUT2D eigenvalue weighted by Gasteiger charge is 2.14. The van der Waals surface area contributed by atoms with Crippen LogP contribution < -0.4 is 5.73 Å². The summed E-state index contributed by atoms with van der Waals surface area (Å²) in [4.78, 5) is 4.22. The third-order valence-electron chi connectivity index (χ3n) is 2.88. The van der Waals surface area contributed by atoms with Gasteiger partial charge in [0.2, 0.25) is 5.82 Å². The Morgan fingerprint density at radius 1 is 1.05 bits per heavy atom. The van der Waals surface area contributed by atoms with E-state index in [-0.39, 0.29) is 23.2 Å². The van der Waals surface area contributed by atoms with Crippen molar-refractivity contribution in [1.29, 1.82) is 0 Å². The van der Waals surface area contributed by atoms with Gasteiger partial charge in [0.25, 0.3) is 5.89 Å². The van der Waals surface area contributed by atoms with Gasteiger partial charge >= 0.3 is 0 Å². The van der Waals surface area contributed by atoms with Crippen molar-refractivity contribution in [3.63, 3.8) is 0 Å². The fourth-order valence-electron chi connectivity index (χ4n) is 1.82. The van der Waals surface area contributed by atoms with Crippen LogP contribution in [0.25, 0.3) is 22.8 Å². The van der Waals surface area contributed by atoms with Crippen molar-refractivity contribution in [1.82, 2.24) is 10.1 Å². The topological polar surface area (TPSA) is 105 Å². The number of hydrogen-bond acceptors (Lipinski definition) is 6. The average molecular weight is 304 g/mol. The van der Waals surface area contributed by atoms with E-state index in [0.29, 0.717) is 21.8 Å². The lowest BCUT2D eigenvalue weighted by Gasteiger charge is -2.00. The van der Waals surface area contributed by atoms with E-state index in [9.17, 15) is 10.2 Å².